The SMILES string of the molecule is Cc1c2c(nc(C(C)C)c1C(O)c1ccc(OCc3ccccc3)cc1)CC(C)(C)CC2O[Si](C)(C)C(C)(C)C. The molecule has 0 bridgehead atoms. The van der Waals surface area contributed by atoms with Crippen molar-refractivity contribution in [3.63, 3.8) is 0 Å². The quantitative estimate of drug-likeness (QED) is 0.280. The smallest absolute Gasteiger partial charge is 0.192 e. The highest BCUT2D eigenvalue weighted by atomic mass is 28.4. The summed E-state index contributed by atoms with van der Waals surface area (Å²) in [5, 5.41) is 12.0. The van der Waals surface area contributed by atoms with Crippen molar-refractivity contribution in [3.8, 4) is 5.75 Å². The second-order valence-corrected chi connectivity index (χ2v) is 19.0. The Balaban J connectivity index is 1.71. The molecule has 1 aliphatic rings. The number of aromatic nitrogens is 1. The second-order valence-electron chi connectivity index (χ2n) is 14.2. The minimum absolute atomic E-state index is 0.0203. The molecule has 2 unspecified atom stereocenters. The first kappa shape index (κ1) is 30.5. The highest BCUT2D eigenvalue weighted by Gasteiger charge is 2.44. The molecule has 1 aromatic heterocycles. The predicted molar refractivity (Wildman–Crippen MR) is 167 cm³/mol. The molecular weight excluding hydrogens is 510 g/mol. The van der Waals surface area contributed by atoms with E-state index >= 15 is 0 Å². The molecule has 4 rings (SSSR count). The Bertz CT molecular complexity index is 1310. The van der Waals surface area contributed by atoms with E-state index in [4.69, 9.17) is 14.1 Å². The average molecular weight is 560 g/mol. The fourth-order valence-electron chi connectivity index (χ4n) is 5.58. The van der Waals surface area contributed by atoms with Gasteiger partial charge >= 0.3 is 0 Å². The highest BCUT2D eigenvalue weighted by molar-refractivity contribution is 6.74. The molecule has 0 fully saturated rings. The summed E-state index contributed by atoms with van der Waals surface area (Å²) in [5.41, 5.74) is 7.45. The molecule has 0 amide bonds. The minimum atomic E-state index is -2.03. The standard InChI is InChI=1S/C35H49NO3Si/c1-23(2)32-31(33(37)26-16-18-27(19-17-26)38-22-25-14-12-11-13-15-25)24(3)30-28(36-32)20-35(7,8)21-29(30)39-40(9,10)34(4,5)6/h11-19,23,29,33,37H,20-22H2,1-10H3. The van der Waals surface area contributed by atoms with Crippen molar-refractivity contribution in [1.29, 1.82) is 0 Å². The third-order valence-corrected chi connectivity index (χ3v) is 13.3. The van der Waals surface area contributed by atoms with Crippen LogP contribution in [0.25, 0.3) is 0 Å². The summed E-state index contributed by atoms with van der Waals surface area (Å²) in [5.74, 6) is 0.973. The third kappa shape index (κ3) is 6.53. The number of aliphatic hydroxyl groups is 1. The van der Waals surface area contributed by atoms with Crippen LogP contribution in [0.5, 0.6) is 5.75 Å². The van der Waals surface area contributed by atoms with Crippen molar-refractivity contribution in [2.45, 2.75) is 111 Å². The fraction of sp³-hybridized carbons (Fsp3) is 0.514. The Kier molecular flexibility index (Phi) is 8.71. The number of pyridine rings is 1. The molecule has 3 aromatic rings. The predicted octanol–water partition coefficient (Wildman–Crippen LogP) is 9.21. The highest BCUT2D eigenvalue weighted by Crippen LogP contribution is 2.49. The number of ether oxygens (including phenoxy) is 1. The first-order valence-corrected chi connectivity index (χ1v) is 17.7. The lowest BCUT2D eigenvalue weighted by Gasteiger charge is -2.45. The zero-order valence-corrected chi connectivity index (χ0v) is 27.3. The normalized spacial score (nSPS) is 17.9. The van der Waals surface area contributed by atoms with E-state index in [2.05, 4.69) is 80.6 Å². The molecule has 0 aliphatic heterocycles. The molecule has 5 heteroatoms. The van der Waals surface area contributed by atoms with Gasteiger partial charge in [-0.15, -0.1) is 0 Å². The van der Waals surface area contributed by atoms with E-state index in [1.807, 2.05) is 42.5 Å². The van der Waals surface area contributed by atoms with Gasteiger partial charge in [-0.3, -0.25) is 4.98 Å². The Morgan fingerprint density at radius 2 is 1.65 bits per heavy atom. The summed E-state index contributed by atoms with van der Waals surface area (Å²) in [7, 11) is -2.03. The van der Waals surface area contributed by atoms with E-state index in [1.165, 1.54) is 5.56 Å². The van der Waals surface area contributed by atoms with E-state index in [-0.39, 0.29) is 22.5 Å². The van der Waals surface area contributed by atoms with Crippen LogP contribution >= 0.6 is 0 Å². The molecule has 0 spiro atoms. The van der Waals surface area contributed by atoms with Gasteiger partial charge in [-0.25, -0.2) is 0 Å². The second kappa shape index (κ2) is 11.4. The number of benzene rings is 2. The van der Waals surface area contributed by atoms with E-state index < -0.39 is 14.4 Å². The van der Waals surface area contributed by atoms with Crippen LogP contribution in [-0.2, 0) is 17.5 Å². The van der Waals surface area contributed by atoms with E-state index in [0.29, 0.717) is 6.61 Å². The van der Waals surface area contributed by atoms with Gasteiger partial charge in [0.15, 0.2) is 8.32 Å². The molecule has 2 atom stereocenters. The van der Waals surface area contributed by atoms with Gasteiger partial charge < -0.3 is 14.3 Å². The average Bonchev–Trinajstić information content (AvgIpc) is 2.86. The summed E-state index contributed by atoms with van der Waals surface area (Å²) in [4.78, 5) is 5.29. The van der Waals surface area contributed by atoms with Crippen molar-refractivity contribution in [2.75, 3.05) is 0 Å². The van der Waals surface area contributed by atoms with Crippen LogP contribution in [0.3, 0.4) is 0 Å². The van der Waals surface area contributed by atoms with Gasteiger partial charge in [-0.05, 0) is 78.1 Å². The van der Waals surface area contributed by atoms with E-state index in [1.54, 1.807) is 0 Å². The summed E-state index contributed by atoms with van der Waals surface area (Å²) in [6.07, 6.45) is 1.08. The largest absolute Gasteiger partial charge is 0.489 e. The van der Waals surface area contributed by atoms with Crippen LogP contribution < -0.4 is 4.74 Å². The minimum Gasteiger partial charge on any atom is -0.489 e. The lowest BCUT2D eigenvalue weighted by atomic mass is 9.72. The molecular formula is C35H49NO3Si. The first-order chi connectivity index (χ1) is 18.6. The molecule has 1 aliphatic carbocycles. The molecule has 0 saturated carbocycles. The molecule has 0 radical (unpaired) electrons. The van der Waals surface area contributed by atoms with Crippen LogP contribution in [0.2, 0.25) is 18.1 Å². The maximum atomic E-state index is 11.8. The van der Waals surface area contributed by atoms with Crippen molar-refractivity contribution in [3.05, 3.63) is 93.8 Å². The zero-order chi connectivity index (χ0) is 29.5. The summed E-state index contributed by atoms with van der Waals surface area (Å²) in [6, 6.07) is 18.0. The Morgan fingerprint density at radius 1 is 1.02 bits per heavy atom. The van der Waals surface area contributed by atoms with Crippen molar-refractivity contribution >= 4 is 8.32 Å². The van der Waals surface area contributed by atoms with Crippen LogP contribution in [0, 0.1) is 12.3 Å². The summed E-state index contributed by atoms with van der Waals surface area (Å²) < 4.78 is 13.1. The van der Waals surface area contributed by atoms with Gasteiger partial charge in [0.25, 0.3) is 0 Å². The topological polar surface area (TPSA) is 51.6 Å². The van der Waals surface area contributed by atoms with Gasteiger partial charge in [-0.2, -0.15) is 0 Å². The lowest BCUT2D eigenvalue weighted by molar-refractivity contribution is 0.105. The number of hydrogen-bond donors (Lipinski definition) is 1. The van der Waals surface area contributed by atoms with Crippen LogP contribution in [0.15, 0.2) is 54.6 Å². The summed E-state index contributed by atoms with van der Waals surface area (Å²) in [6.45, 7) is 23.2. The van der Waals surface area contributed by atoms with Gasteiger partial charge in [0.05, 0.1) is 6.10 Å². The maximum Gasteiger partial charge on any atom is 0.192 e. The molecule has 2 aromatic carbocycles. The monoisotopic (exact) mass is 559 g/mol. The van der Waals surface area contributed by atoms with Gasteiger partial charge in [0.1, 0.15) is 18.5 Å². The number of hydrogen-bond acceptors (Lipinski definition) is 4. The number of rotatable bonds is 8. The maximum absolute atomic E-state index is 11.8. The van der Waals surface area contributed by atoms with Crippen molar-refractivity contribution in [2.24, 2.45) is 5.41 Å². The van der Waals surface area contributed by atoms with E-state index in [9.17, 15) is 5.11 Å². The van der Waals surface area contributed by atoms with Gasteiger partial charge in [0, 0.05) is 22.5 Å². The first-order valence-electron chi connectivity index (χ1n) is 14.8. The van der Waals surface area contributed by atoms with Crippen LogP contribution in [0.1, 0.15) is 112 Å². The number of nitrogens with zero attached hydrogens (tertiary/aromatic N) is 1. The molecule has 40 heavy (non-hydrogen) atoms. The molecule has 216 valence electrons. The molecule has 0 saturated heterocycles. The Morgan fingerprint density at radius 3 is 2.23 bits per heavy atom. The van der Waals surface area contributed by atoms with Gasteiger partial charge in [0.2, 0.25) is 0 Å². The van der Waals surface area contributed by atoms with E-state index in [0.717, 1.165) is 52.2 Å². The molecule has 1 N–H and O–H groups in total. The lowest BCUT2D eigenvalue weighted by Crippen LogP contribution is -2.44. The number of aliphatic hydroxyl groups excluding tert-OH is 1. The fourth-order valence-corrected chi connectivity index (χ4v) is 6.85. The molecule has 4 nitrogen and oxygen atoms in total. The molecule has 1 heterocycles. The van der Waals surface area contributed by atoms with Crippen molar-refractivity contribution in [1.82, 2.24) is 4.98 Å². The zero-order valence-electron chi connectivity index (χ0n) is 26.3. The Hall–Kier alpha value is -2.47. The number of fused-ring (bicyclic) bond motifs is 1. The third-order valence-electron chi connectivity index (χ3n) is 8.86. The Labute approximate surface area is 243 Å². The van der Waals surface area contributed by atoms with Gasteiger partial charge in [-0.1, -0.05) is 90.9 Å². The van der Waals surface area contributed by atoms with Crippen molar-refractivity contribution < 1.29 is 14.3 Å². The summed E-state index contributed by atoms with van der Waals surface area (Å²) >= 11 is 0. The van der Waals surface area contributed by atoms with Crippen LogP contribution in [0.4, 0.5) is 0 Å². The van der Waals surface area contributed by atoms with Crippen LogP contribution in [-0.4, -0.2) is 18.4 Å².